The SMILES string of the molecule is C1CCOC1.O=C([C]1[CH][CH][CH][CH]1)c1ccccc1.[Na+]. The van der Waals surface area contributed by atoms with E-state index in [1.165, 1.54) is 12.8 Å². The predicted molar refractivity (Wildman–Crippen MR) is 71.3 cm³/mol. The zero-order chi connectivity index (χ0) is 12.6. The fourth-order valence-corrected chi connectivity index (χ4v) is 1.79. The number of ketones is 1. The van der Waals surface area contributed by atoms with E-state index < -0.39 is 0 Å². The summed E-state index contributed by atoms with van der Waals surface area (Å²) in [5, 5.41) is 0. The maximum atomic E-state index is 11.7. The molecule has 1 aromatic rings. The second-order valence-electron chi connectivity index (χ2n) is 4.19. The van der Waals surface area contributed by atoms with Crippen LogP contribution in [0.15, 0.2) is 30.3 Å². The van der Waals surface area contributed by atoms with Crippen LogP contribution in [-0.2, 0) is 4.74 Å². The van der Waals surface area contributed by atoms with E-state index in [1.807, 2.05) is 56.0 Å². The van der Waals surface area contributed by atoms with Crippen molar-refractivity contribution in [3.8, 4) is 0 Å². The third-order valence-electron chi connectivity index (χ3n) is 2.79. The van der Waals surface area contributed by atoms with Gasteiger partial charge in [0, 0.05) is 18.8 Å². The van der Waals surface area contributed by atoms with Crippen LogP contribution in [0.5, 0.6) is 0 Å². The molecule has 2 nitrogen and oxygen atoms in total. The molecule has 0 unspecified atom stereocenters. The van der Waals surface area contributed by atoms with E-state index in [0.29, 0.717) is 0 Å². The molecule has 3 heteroatoms. The topological polar surface area (TPSA) is 26.3 Å². The van der Waals surface area contributed by atoms with Crippen molar-refractivity contribution in [2.45, 2.75) is 12.8 Å². The van der Waals surface area contributed by atoms with Gasteiger partial charge in [-0.1, -0.05) is 30.3 Å². The minimum absolute atomic E-state index is 0. The van der Waals surface area contributed by atoms with Gasteiger partial charge in [-0.05, 0) is 38.5 Å². The van der Waals surface area contributed by atoms with Gasteiger partial charge in [0.15, 0.2) is 5.78 Å². The second-order valence-corrected chi connectivity index (χ2v) is 4.19. The van der Waals surface area contributed by atoms with Crippen LogP contribution in [0.3, 0.4) is 0 Å². The molecule has 0 amide bonds. The molecule has 19 heavy (non-hydrogen) atoms. The Morgan fingerprint density at radius 1 is 0.947 bits per heavy atom. The van der Waals surface area contributed by atoms with Gasteiger partial charge in [0.05, 0.1) is 5.92 Å². The van der Waals surface area contributed by atoms with Gasteiger partial charge in [0.25, 0.3) is 0 Å². The summed E-state index contributed by atoms with van der Waals surface area (Å²) in [6.45, 7) is 2.00. The maximum absolute atomic E-state index is 11.7. The molecular formula is C16H17NaO2+. The van der Waals surface area contributed by atoms with E-state index in [2.05, 4.69) is 0 Å². The summed E-state index contributed by atoms with van der Waals surface area (Å²) in [7, 11) is 0. The fourth-order valence-electron chi connectivity index (χ4n) is 1.79. The van der Waals surface area contributed by atoms with E-state index in [1.54, 1.807) is 0 Å². The molecular weight excluding hydrogens is 247 g/mol. The molecule has 2 aliphatic rings. The van der Waals surface area contributed by atoms with E-state index in [4.69, 9.17) is 4.74 Å². The number of carbonyl (C=O) groups excluding carboxylic acids is 1. The molecule has 3 rings (SSSR count). The monoisotopic (exact) mass is 264 g/mol. The number of hydrogen-bond donors (Lipinski definition) is 0. The molecule has 1 aliphatic heterocycles. The van der Waals surface area contributed by atoms with Crippen molar-refractivity contribution in [2.24, 2.45) is 0 Å². The molecule has 0 aromatic heterocycles. The molecule has 0 spiro atoms. The van der Waals surface area contributed by atoms with Crippen LogP contribution < -0.4 is 29.6 Å². The number of Topliss-reactive ketones (excluding diaryl/α,β-unsaturated/α-hetero) is 1. The number of hydrogen-bond acceptors (Lipinski definition) is 2. The zero-order valence-corrected chi connectivity index (χ0v) is 13.3. The van der Waals surface area contributed by atoms with Crippen LogP contribution in [0.1, 0.15) is 23.2 Å². The summed E-state index contributed by atoms with van der Waals surface area (Å²) in [4.78, 5) is 11.7. The summed E-state index contributed by atoms with van der Waals surface area (Å²) in [6, 6.07) is 9.30. The van der Waals surface area contributed by atoms with Gasteiger partial charge < -0.3 is 4.74 Å². The van der Waals surface area contributed by atoms with Crippen LogP contribution in [0.2, 0.25) is 0 Å². The summed E-state index contributed by atoms with van der Waals surface area (Å²) in [5.41, 5.74) is 0.744. The molecule has 1 saturated carbocycles. The Morgan fingerprint density at radius 2 is 1.53 bits per heavy atom. The van der Waals surface area contributed by atoms with Crippen molar-refractivity contribution in [2.75, 3.05) is 13.2 Å². The van der Waals surface area contributed by atoms with E-state index in [0.717, 1.165) is 24.7 Å². The molecule has 5 radical (unpaired) electrons. The molecule has 0 N–H and O–H groups in total. The average molecular weight is 264 g/mol. The van der Waals surface area contributed by atoms with Crippen LogP contribution in [0.4, 0.5) is 0 Å². The second kappa shape index (κ2) is 9.71. The Morgan fingerprint density at radius 3 is 2.00 bits per heavy atom. The van der Waals surface area contributed by atoms with Gasteiger partial charge in [0.1, 0.15) is 0 Å². The maximum Gasteiger partial charge on any atom is 1.00 e. The number of rotatable bonds is 2. The van der Waals surface area contributed by atoms with Crippen LogP contribution in [0, 0.1) is 31.6 Å². The fraction of sp³-hybridized carbons (Fsp3) is 0.250. The first-order chi connectivity index (χ1) is 8.88. The minimum atomic E-state index is 0. The molecule has 1 saturated heterocycles. The third-order valence-corrected chi connectivity index (χ3v) is 2.79. The van der Waals surface area contributed by atoms with Crippen LogP contribution >= 0.6 is 0 Å². The standard InChI is InChI=1S/C12H9O.C4H8O.Na/c13-12(11-8-4-5-9-11)10-6-2-1-3-7-10;1-2-4-5-3-1;/h1-9H;1-4H2;/q;;+1. The normalized spacial score (nSPS) is 18.3. The molecule has 1 heterocycles. The minimum Gasteiger partial charge on any atom is -0.381 e. The number of carbonyl (C=O) groups is 1. The van der Waals surface area contributed by atoms with Crippen molar-refractivity contribution in [1.82, 2.24) is 0 Å². The average Bonchev–Trinajstić information content (AvgIpc) is 3.14. The van der Waals surface area contributed by atoms with Gasteiger partial charge in [-0.3, -0.25) is 4.79 Å². The zero-order valence-electron chi connectivity index (χ0n) is 11.3. The molecule has 0 bridgehead atoms. The van der Waals surface area contributed by atoms with Crippen molar-refractivity contribution < 1.29 is 39.1 Å². The van der Waals surface area contributed by atoms with Crippen LogP contribution in [-0.4, -0.2) is 19.0 Å². The molecule has 93 valence electrons. The van der Waals surface area contributed by atoms with Gasteiger partial charge in [-0.25, -0.2) is 0 Å². The summed E-state index contributed by atoms with van der Waals surface area (Å²) >= 11 is 0. The third kappa shape index (κ3) is 5.78. The van der Waals surface area contributed by atoms with Gasteiger partial charge in [0.2, 0.25) is 0 Å². The number of ether oxygens (including phenoxy) is 1. The Labute approximate surface area is 138 Å². The van der Waals surface area contributed by atoms with Crippen molar-refractivity contribution >= 4 is 5.78 Å². The summed E-state index contributed by atoms with van der Waals surface area (Å²) in [6.07, 6.45) is 9.96. The van der Waals surface area contributed by atoms with E-state index in [9.17, 15) is 4.79 Å². The predicted octanol–water partition coefficient (Wildman–Crippen LogP) is 0.0754. The van der Waals surface area contributed by atoms with Crippen molar-refractivity contribution in [1.29, 1.82) is 0 Å². The van der Waals surface area contributed by atoms with Crippen molar-refractivity contribution in [3.63, 3.8) is 0 Å². The summed E-state index contributed by atoms with van der Waals surface area (Å²) < 4.78 is 4.94. The smallest absolute Gasteiger partial charge is 0.381 e. The quantitative estimate of drug-likeness (QED) is 0.558. The Bertz CT molecular complexity index is 347. The van der Waals surface area contributed by atoms with Gasteiger partial charge in [-0.15, -0.1) is 0 Å². The van der Waals surface area contributed by atoms with Crippen molar-refractivity contribution in [3.05, 3.63) is 67.5 Å². The first-order valence-corrected chi connectivity index (χ1v) is 6.27. The van der Waals surface area contributed by atoms with Crippen LogP contribution in [0.25, 0.3) is 0 Å². The summed E-state index contributed by atoms with van der Waals surface area (Å²) in [5.74, 6) is 0.844. The van der Waals surface area contributed by atoms with E-state index in [-0.39, 0.29) is 35.3 Å². The molecule has 1 aromatic carbocycles. The van der Waals surface area contributed by atoms with Gasteiger partial charge in [-0.2, -0.15) is 0 Å². The van der Waals surface area contributed by atoms with Gasteiger partial charge >= 0.3 is 29.6 Å². The first-order valence-electron chi connectivity index (χ1n) is 6.27. The number of benzene rings is 1. The molecule has 0 atom stereocenters. The molecule has 1 aliphatic carbocycles. The first kappa shape index (κ1) is 16.9. The largest absolute Gasteiger partial charge is 1.00 e. The van der Waals surface area contributed by atoms with E-state index >= 15 is 0 Å². The molecule has 2 fully saturated rings. The Balaban J connectivity index is 0.000000256. The Kier molecular flexibility index (Phi) is 8.64. The Hall–Kier alpha value is -0.150.